The third-order valence-electron chi connectivity index (χ3n) is 4.82. The van der Waals surface area contributed by atoms with Gasteiger partial charge in [0.05, 0.1) is 15.9 Å². The Hall–Kier alpha value is -3.30. The van der Waals surface area contributed by atoms with E-state index in [1.165, 1.54) is 12.1 Å². The number of primary sulfonamides is 1. The summed E-state index contributed by atoms with van der Waals surface area (Å²) >= 11 is 0. The van der Waals surface area contributed by atoms with E-state index in [-0.39, 0.29) is 4.90 Å². The predicted molar refractivity (Wildman–Crippen MR) is 110 cm³/mol. The zero-order valence-electron chi connectivity index (χ0n) is 15.4. The van der Waals surface area contributed by atoms with Crippen molar-refractivity contribution >= 4 is 32.7 Å². The molecule has 2 heterocycles. The lowest BCUT2D eigenvalue weighted by molar-refractivity contribution is 0.598. The first-order valence-corrected chi connectivity index (χ1v) is 10.7. The van der Waals surface area contributed by atoms with Crippen molar-refractivity contribution in [3.63, 3.8) is 0 Å². The molecule has 0 saturated heterocycles. The lowest BCUT2D eigenvalue weighted by Gasteiger charge is -2.10. The van der Waals surface area contributed by atoms with Crippen LogP contribution >= 0.6 is 0 Å². The molecule has 0 bridgehead atoms. The van der Waals surface area contributed by atoms with Gasteiger partial charge in [-0.15, -0.1) is 0 Å². The van der Waals surface area contributed by atoms with Crippen LogP contribution in [0.2, 0.25) is 0 Å². The summed E-state index contributed by atoms with van der Waals surface area (Å²) in [5, 5.41) is 8.27. The van der Waals surface area contributed by atoms with Gasteiger partial charge in [0.15, 0.2) is 0 Å². The lowest BCUT2D eigenvalue weighted by Crippen LogP contribution is -2.12. The summed E-state index contributed by atoms with van der Waals surface area (Å²) < 4.78 is 25.2. The van der Waals surface area contributed by atoms with Gasteiger partial charge in [-0.3, -0.25) is 4.57 Å². The van der Waals surface area contributed by atoms with Gasteiger partial charge in [0.2, 0.25) is 16.0 Å². The molecule has 1 fully saturated rings. The van der Waals surface area contributed by atoms with E-state index in [0.29, 0.717) is 23.4 Å². The largest absolute Gasteiger partial charge is 0.324 e. The van der Waals surface area contributed by atoms with Crippen molar-refractivity contribution in [2.24, 2.45) is 5.14 Å². The number of nitrogens with one attached hydrogen (secondary N) is 1. The second kappa shape index (κ2) is 6.64. The Morgan fingerprint density at radius 2 is 1.86 bits per heavy atom. The zero-order chi connectivity index (χ0) is 20.0. The van der Waals surface area contributed by atoms with Crippen LogP contribution in [0.4, 0.5) is 11.6 Å². The first-order chi connectivity index (χ1) is 14.0. The van der Waals surface area contributed by atoms with Gasteiger partial charge >= 0.3 is 0 Å². The van der Waals surface area contributed by atoms with Crippen molar-refractivity contribution in [1.82, 2.24) is 19.5 Å². The van der Waals surface area contributed by atoms with E-state index in [9.17, 15) is 8.42 Å². The number of benzene rings is 2. The van der Waals surface area contributed by atoms with Crippen molar-refractivity contribution in [3.05, 3.63) is 66.6 Å². The normalized spacial score (nSPS) is 14.2. The van der Waals surface area contributed by atoms with Crippen molar-refractivity contribution in [2.45, 2.75) is 23.7 Å². The highest BCUT2D eigenvalue weighted by Crippen LogP contribution is 2.41. The molecule has 2 aromatic heterocycles. The summed E-state index contributed by atoms with van der Waals surface area (Å²) in [4.78, 5) is 13.7. The van der Waals surface area contributed by atoms with Gasteiger partial charge in [-0.25, -0.2) is 23.5 Å². The van der Waals surface area contributed by atoms with Crippen molar-refractivity contribution in [1.29, 1.82) is 0 Å². The Kier molecular flexibility index (Phi) is 4.07. The van der Waals surface area contributed by atoms with Gasteiger partial charge in [0, 0.05) is 17.8 Å². The minimum absolute atomic E-state index is 0.0234. The summed E-state index contributed by atoms with van der Waals surface area (Å²) in [5.41, 5.74) is 2.46. The fraction of sp³-hybridized carbons (Fsp3) is 0.150. The van der Waals surface area contributed by atoms with Gasteiger partial charge in [-0.05, 0) is 49.2 Å². The molecular weight excluding hydrogens is 388 g/mol. The summed E-state index contributed by atoms with van der Waals surface area (Å²) in [6.07, 6.45) is 3.92. The smallest absolute Gasteiger partial charge is 0.238 e. The molecule has 29 heavy (non-hydrogen) atoms. The van der Waals surface area contributed by atoms with E-state index in [2.05, 4.69) is 19.9 Å². The monoisotopic (exact) mass is 406 g/mol. The molecule has 0 atom stereocenters. The maximum absolute atomic E-state index is 11.6. The number of hydrogen-bond donors (Lipinski definition) is 2. The number of aromatic nitrogens is 4. The van der Waals surface area contributed by atoms with E-state index in [1.54, 1.807) is 18.3 Å². The van der Waals surface area contributed by atoms with E-state index >= 15 is 0 Å². The highest BCUT2D eigenvalue weighted by atomic mass is 32.2. The van der Waals surface area contributed by atoms with Crippen LogP contribution < -0.4 is 10.5 Å². The van der Waals surface area contributed by atoms with E-state index in [4.69, 9.17) is 10.1 Å². The number of nitrogens with zero attached hydrogens (tertiary/aromatic N) is 4. The van der Waals surface area contributed by atoms with Gasteiger partial charge in [-0.2, -0.15) is 4.98 Å². The molecule has 1 aliphatic rings. The summed E-state index contributed by atoms with van der Waals surface area (Å²) in [6, 6.07) is 16.1. The number of anilines is 2. The molecule has 0 radical (unpaired) electrons. The number of fused-ring (bicyclic) bond motifs is 1. The van der Waals surface area contributed by atoms with Crippen molar-refractivity contribution in [2.75, 3.05) is 5.32 Å². The van der Waals surface area contributed by atoms with Crippen LogP contribution in [-0.2, 0) is 10.0 Å². The minimum atomic E-state index is -3.79. The number of nitrogens with two attached hydrogens (primary N) is 1. The topological polar surface area (TPSA) is 116 Å². The molecule has 146 valence electrons. The highest BCUT2D eigenvalue weighted by molar-refractivity contribution is 7.89. The molecule has 0 aliphatic heterocycles. The second-order valence-electron chi connectivity index (χ2n) is 7.00. The fourth-order valence-electron chi connectivity index (χ4n) is 3.31. The molecule has 4 aromatic rings. The number of rotatable bonds is 5. The van der Waals surface area contributed by atoms with Crippen LogP contribution in [0.15, 0.2) is 65.7 Å². The Bertz CT molecular complexity index is 1330. The van der Waals surface area contributed by atoms with Gasteiger partial charge in [0.1, 0.15) is 11.6 Å². The predicted octanol–water partition coefficient (Wildman–Crippen LogP) is 3.08. The third-order valence-corrected chi connectivity index (χ3v) is 5.73. The summed E-state index contributed by atoms with van der Waals surface area (Å²) in [6.45, 7) is 0. The van der Waals surface area contributed by atoms with Crippen LogP contribution in [-0.4, -0.2) is 27.9 Å². The van der Waals surface area contributed by atoms with Gasteiger partial charge < -0.3 is 5.32 Å². The Balaban J connectivity index is 1.55. The molecule has 3 N–H and O–H groups in total. The van der Waals surface area contributed by atoms with Crippen LogP contribution in [0.25, 0.3) is 16.9 Å². The molecule has 1 aliphatic carbocycles. The third kappa shape index (κ3) is 3.45. The Labute approximate surface area is 167 Å². The van der Waals surface area contributed by atoms with Gasteiger partial charge in [0.25, 0.3) is 0 Å². The lowest BCUT2D eigenvalue weighted by atomic mass is 10.3. The molecule has 9 heteroatoms. The number of imidazole rings is 1. The minimum Gasteiger partial charge on any atom is -0.324 e. The quantitative estimate of drug-likeness (QED) is 0.526. The van der Waals surface area contributed by atoms with Crippen molar-refractivity contribution < 1.29 is 8.42 Å². The van der Waals surface area contributed by atoms with E-state index in [1.807, 2.05) is 30.3 Å². The van der Waals surface area contributed by atoms with Crippen LogP contribution in [0.1, 0.15) is 24.6 Å². The van der Waals surface area contributed by atoms with Crippen LogP contribution in [0.5, 0.6) is 0 Å². The highest BCUT2D eigenvalue weighted by Gasteiger charge is 2.30. The molecule has 1 saturated carbocycles. The Morgan fingerprint density at radius 1 is 1.03 bits per heavy atom. The fourth-order valence-corrected chi connectivity index (χ4v) is 3.87. The van der Waals surface area contributed by atoms with E-state index < -0.39 is 10.0 Å². The molecule has 0 amide bonds. The average Bonchev–Trinajstić information content (AvgIpc) is 3.48. The maximum atomic E-state index is 11.6. The van der Waals surface area contributed by atoms with Gasteiger partial charge in [-0.1, -0.05) is 18.2 Å². The number of sulfonamides is 1. The summed E-state index contributed by atoms with van der Waals surface area (Å²) in [5.74, 6) is 2.52. The maximum Gasteiger partial charge on any atom is 0.238 e. The molecule has 5 rings (SSSR count). The first-order valence-electron chi connectivity index (χ1n) is 9.20. The number of hydrogen-bond acceptors (Lipinski definition) is 6. The standard InChI is InChI=1S/C20H18N6O2S/c21-29(27,28)15-5-3-4-14(12-15)23-20-22-11-10-18(25-20)26-17-7-2-1-6-16(17)24-19(26)13-8-9-13/h1-7,10-13H,8-9H2,(H2,21,27,28)(H,22,23,25). The second-order valence-corrected chi connectivity index (χ2v) is 8.57. The molecule has 0 spiro atoms. The average molecular weight is 406 g/mol. The SMILES string of the molecule is NS(=O)(=O)c1cccc(Nc2nccc(-n3c(C4CC4)nc4ccccc43)n2)c1. The molecule has 0 unspecified atom stereocenters. The number of para-hydroxylation sites is 2. The first kappa shape index (κ1) is 17.8. The summed E-state index contributed by atoms with van der Waals surface area (Å²) in [7, 11) is -3.79. The van der Waals surface area contributed by atoms with E-state index in [0.717, 1.165) is 29.7 Å². The molecule has 2 aromatic carbocycles. The Morgan fingerprint density at radius 3 is 2.66 bits per heavy atom. The van der Waals surface area contributed by atoms with Crippen LogP contribution in [0.3, 0.4) is 0 Å². The zero-order valence-corrected chi connectivity index (χ0v) is 16.2. The molecule has 8 nitrogen and oxygen atoms in total. The van der Waals surface area contributed by atoms with Crippen LogP contribution in [0, 0.1) is 0 Å². The molecular formula is C20H18N6O2S. The van der Waals surface area contributed by atoms with Crippen molar-refractivity contribution in [3.8, 4) is 5.82 Å².